The van der Waals surface area contributed by atoms with Gasteiger partial charge in [-0.25, -0.2) is 4.99 Å². The molecule has 3 N–H and O–H groups in total. The SMILES string of the molecule is C=C(C)CNC(N)=NCc1ccc(COc2ccccc2)cc1.I. The first-order valence-corrected chi connectivity index (χ1v) is 7.57. The van der Waals surface area contributed by atoms with Crippen molar-refractivity contribution in [1.29, 1.82) is 0 Å². The van der Waals surface area contributed by atoms with Crippen molar-refractivity contribution in [2.45, 2.75) is 20.1 Å². The molecule has 0 spiro atoms. The Morgan fingerprint density at radius 1 is 1.08 bits per heavy atom. The van der Waals surface area contributed by atoms with Gasteiger partial charge in [0.05, 0.1) is 6.54 Å². The molecular formula is C19H24IN3O. The van der Waals surface area contributed by atoms with E-state index in [2.05, 4.69) is 16.9 Å². The van der Waals surface area contributed by atoms with Gasteiger partial charge in [0.25, 0.3) is 0 Å². The maximum absolute atomic E-state index is 5.79. The zero-order chi connectivity index (χ0) is 16.5. The standard InChI is InChI=1S/C19H23N3O.HI/c1-15(2)12-21-19(20)22-13-16-8-10-17(11-9-16)14-23-18-6-4-3-5-7-18;/h3-11H,1,12-14H2,2H3,(H3,20,21,22);1H. The van der Waals surface area contributed by atoms with Gasteiger partial charge < -0.3 is 15.8 Å². The lowest BCUT2D eigenvalue weighted by molar-refractivity contribution is 0.306. The summed E-state index contributed by atoms with van der Waals surface area (Å²) < 4.78 is 5.72. The van der Waals surface area contributed by atoms with Crippen molar-refractivity contribution in [2.75, 3.05) is 6.54 Å². The summed E-state index contributed by atoms with van der Waals surface area (Å²) in [6.45, 7) is 7.50. The average molecular weight is 437 g/mol. The van der Waals surface area contributed by atoms with Crippen molar-refractivity contribution in [3.05, 3.63) is 77.9 Å². The molecular weight excluding hydrogens is 413 g/mol. The van der Waals surface area contributed by atoms with Gasteiger partial charge in [0.1, 0.15) is 12.4 Å². The largest absolute Gasteiger partial charge is 0.489 e. The van der Waals surface area contributed by atoms with Crippen molar-refractivity contribution in [1.82, 2.24) is 5.32 Å². The number of nitrogens with zero attached hydrogens (tertiary/aromatic N) is 1. The Morgan fingerprint density at radius 2 is 1.71 bits per heavy atom. The van der Waals surface area contributed by atoms with E-state index in [-0.39, 0.29) is 24.0 Å². The minimum Gasteiger partial charge on any atom is -0.489 e. The zero-order valence-corrected chi connectivity index (χ0v) is 16.2. The maximum atomic E-state index is 5.79. The number of para-hydroxylation sites is 1. The molecule has 0 aliphatic rings. The molecule has 24 heavy (non-hydrogen) atoms. The summed E-state index contributed by atoms with van der Waals surface area (Å²) in [6, 6.07) is 18.0. The third-order valence-electron chi connectivity index (χ3n) is 3.17. The van der Waals surface area contributed by atoms with Crippen LogP contribution in [0, 0.1) is 0 Å². The summed E-state index contributed by atoms with van der Waals surface area (Å²) in [7, 11) is 0. The smallest absolute Gasteiger partial charge is 0.189 e. The highest BCUT2D eigenvalue weighted by molar-refractivity contribution is 14.0. The van der Waals surface area contributed by atoms with Crippen molar-refractivity contribution in [3.8, 4) is 5.75 Å². The van der Waals surface area contributed by atoms with Crippen LogP contribution in [-0.2, 0) is 13.2 Å². The van der Waals surface area contributed by atoms with E-state index in [0.29, 0.717) is 25.7 Å². The van der Waals surface area contributed by atoms with Gasteiger partial charge in [-0.05, 0) is 30.2 Å². The van der Waals surface area contributed by atoms with Gasteiger partial charge >= 0.3 is 0 Å². The Morgan fingerprint density at radius 3 is 2.33 bits per heavy atom. The highest BCUT2D eigenvalue weighted by Crippen LogP contribution is 2.12. The molecule has 0 saturated carbocycles. The summed E-state index contributed by atoms with van der Waals surface area (Å²) in [5.74, 6) is 1.31. The average Bonchev–Trinajstić information content (AvgIpc) is 2.58. The second-order valence-electron chi connectivity index (χ2n) is 5.43. The van der Waals surface area contributed by atoms with Gasteiger partial charge in [-0.15, -0.1) is 24.0 Å². The van der Waals surface area contributed by atoms with Crippen LogP contribution in [-0.4, -0.2) is 12.5 Å². The first kappa shape index (κ1) is 20.0. The highest BCUT2D eigenvalue weighted by atomic mass is 127. The number of hydrogen-bond donors (Lipinski definition) is 2. The van der Waals surface area contributed by atoms with E-state index in [0.717, 1.165) is 22.4 Å². The summed E-state index contributed by atoms with van der Waals surface area (Å²) in [5, 5.41) is 3.01. The summed E-state index contributed by atoms with van der Waals surface area (Å²) in [6.07, 6.45) is 0. The van der Waals surface area contributed by atoms with E-state index in [9.17, 15) is 0 Å². The number of rotatable bonds is 7. The Hall–Kier alpha value is -2.02. The predicted octanol–water partition coefficient (Wildman–Crippen LogP) is 3.86. The van der Waals surface area contributed by atoms with E-state index >= 15 is 0 Å². The molecule has 2 aromatic carbocycles. The topological polar surface area (TPSA) is 59.6 Å². The Bertz CT molecular complexity index is 654. The highest BCUT2D eigenvalue weighted by Gasteiger charge is 1.97. The zero-order valence-electron chi connectivity index (χ0n) is 13.9. The molecule has 0 atom stereocenters. The Kier molecular flexibility index (Phi) is 8.93. The molecule has 0 amide bonds. The van der Waals surface area contributed by atoms with Crippen molar-refractivity contribution in [3.63, 3.8) is 0 Å². The first-order chi connectivity index (χ1) is 11.1. The van der Waals surface area contributed by atoms with E-state index < -0.39 is 0 Å². The monoisotopic (exact) mass is 437 g/mol. The number of hydrogen-bond acceptors (Lipinski definition) is 2. The lowest BCUT2D eigenvalue weighted by Gasteiger charge is -2.07. The molecule has 2 aromatic rings. The van der Waals surface area contributed by atoms with Gasteiger partial charge in [0.15, 0.2) is 5.96 Å². The molecule has 0 heterocycles. The number of nitrogens with one attached hydrogen (secondary N) is 1. The molecule has 0 aromatic heterocycles. The van der Waals surface area contributed by atoms with Gasteiger partial charge in [0.2, 0.25) is 0 Å². The second-order valence-corrected chi connectivity index (χ2v) is 5.43. The molecule has 0 fully saturated rings. The quantitative estimate of drug-likeness (QED) is 0.299. The Labute approximate surface area is 160 Å². The molecule has 0 radical (unpaired) electrons. The molecule has 0 bridgehead atoms. The van der Waals surface area contributed by atoms with E-state index in [1.54, 1.807) is 0 Å². The number of aliphatic imine (C=N–C) groups is 1. The fraction of sp³-hybridized carbons (Fsp3) is 0.211. The van der Waals surface area contributed by atoms with Gasteiger partial charge in [-0.1, -0.05) is 54.6 Å². The van der Waals surface area contributed by atoms with Crippen LogP contribution in [0.2, 0.25) is 0 Å². The van der Waals surface area contributed by atoms with Crippen LogP contribution in [0.3, 0.4) is 0 Å². The second kappa shape index (κ2) is 10.7. The van der Waals surface area contributed by atoms with Crippen molar-refractivity contribution in [2.24, 2.45) is 10.7 Å². The Balaban J connectivity index is 0.00000288. The first-order valence-electron chi connectivity index (χ1n) is 7.57. The lowest BCUT2D eigenvalue weighted by atomic mass is 10.1. The van der Waals surface area contributed by atoms with Gasteiger partial charge in [-0.3, -0.25) is 0 Å². The van der Waals surface area contributed by atoms with Crippen LogP contribution < -0.4 is 15.8 Å². The third kappa shape index (κ3) is 7.50. The van der Waals surface area contributed by atoms with Crippen molar-refractivity contribution >= 4 is 29.9 Å². The third-order valence-corrected chi connectivity index (χ3v) is 3.17. The normalized spacial score (nSPS) is 10.6. The van der Waals surface area contributed by atoms with Gasteiger partial charge in [-0.2, -0.15) is 0 Å². The summed E-state index contributed by atoms with van der Waals surface area (Å²) in [5.41, 5.74) is 9.03. The van der Waals surface area contributed by atoms with Crippen LogP contribution in [0.15, 0.2) is 71.7 Å². The van der Waals surface area contributed by atoms with Crippen LogP contribution in [0.1, 0.15) is 18.1 Å². The number of halogens is 1. The van der Waals surface area contributed by atoms with Crippen LogP contribution >= 0.6 is 24.0 Å². The number of guanidine groups is 1. The molecule has 2 rings (SSSR count). The molecule has 0 unspecified atom stereocenters. The van der Waals surface area contributed by atoms with Crippen molar-refractivity contribution < 1.29 is 4.74 Å². The molecule has 0 saturated heterocycles. The van der Waals surface area contributed by atoms with Crippen LogP contribution in [0.4, 0.5) is 0 Å². The molecule has 5 heteroatoms. The fourth-order valence-corrected chi connectivity index (χ4v) is 1.90. The van der Waals surface area contributed by atoms with E-state index in [4.69, 9.17) is 10.5 Å². The van der Waals surface area contributed by atoms with Crippen LogP contribution in [0.25, 0.3) is 0 Å². The molecule has 128 valence electrons. The minimum absolute atomic E-state index is 0. The van der Waals surface area contributed by atoms with E-state index in [1.807, 2.05) is 61.5 Å². The fourth-order valence-electron chi connectivity index (χ4n) is 1.90. The molecule has 0 aliphatic carbocycles. The molecule has 4 nitrogen and oxygen atoms in total. The predicted molar refractivity (Wildman–Crippen MR) is 111 cm³/mol. The maximum Gasteiger partial charge on any atom is 0.189 e. The minimum atomic E-state index is 0. The number of benzene rings is 2. The molecule has 0 aliphatic heterocycles. The number of ether oxygens (including phenoxy) is 1. The van der Waals surface area contributed by atoms with Gasteiger partial charge in [0, 0.05) is 6.54 Å². The van der Waals surface area contributed by atoms with E-state index in [1.165, 1.54) is 0 Å². The number of nitrogens with two attached hydrogens (primary N) is 1. The summed E-state index contributed by atoms with van der Waals surface area (Å²) >= 11 is 0. The lowest BCUT2D eigenvalue weighted by Crippen LogP contribution is -2.32. The van der Waals surface area contributed by atoms with Crippen LogP contribution in [0.5, 0.6) is 5.75 Å². The summed E-state index contributed by atoms with van der Waals surface area (Å²) in [4.78, 5) is 4.30.